The third kappa shape index (κ3) is 5.35. The quantitative estimate of drug-likeness (QED) is 0.156. The molecule has 3 heterocycles. The first-order valence-corrected chi connectivity index (χ1v) is 22.6. The Morgan fingerprint density at radius 2 is 0.773 bits per heavy atom. The lowest BCUT2D eigenvalue weighted by molar-refractivity contribution is 0.660. The summed E-state index contributed by atoms with van der Waals surface area (Å²) in [6.45, 7) is 0. The summed E-state index contributed by atoms with van der Waals surface area (Å²) >= 11 is 0. The molecule has 2 aliphatic rings. The Hall–Kier alpha value is -8.53. The SMILES string of the molecule is O=c1c2ccc(-c3ccccc3)cc2oc2ccc(-c3ccc4c(c3)N3c5ccccc5C(c5ccccc5)(c5ccccc5)c5cccc(c53)C4(c3ccccc3)c3ccccc3)cc12. The van der Waals surface area contributed by atoms with E-state index in [0.717, 1.165) is 33.6 Å². The molecule has 0 unspecified atom stereocenters. The van der Waals surface area contributed by atoms with Gasteiger partial charge >= 0.3 is 0 Å². The molecule has 0 atom stereocenters. The summed E-state index contributed by atoms with van der Waals surface area (Å²) in [6, 6.07) is 89.0. The number of benzene rings is 10. The molecule has 0 radical (unpaired) electrons. The second kappa shape index (κ2) is 14.8. The van der Waals surface area contributed by atoms with Crippen molar-refractivity contribution in [3.8, 4) is 22.3 Å². The van der Waals surface area contributed by atoms with Gasteiger partial charge in [-0.1, -0.05) is 212 Å². The lowest BCUT2D eigenvalue weighted by Crippen LogP contribution is -2.44. The van der Waals surface area contributed by atoms with E-state index in [1.54, 1.807) is 0 Å². The van der Waals surface area contributed by atoms with Crippen LogP contribution in [0.25, 0.3) is 44.2 Å². The van der Waals surface area contributed by atoms with Crippen molar-refractivity contribution in [2.75, 3.05) is 4.90 Å². The topological polar surface area (TPSA) is 33.5 Å². The number of hydrogen-bond acceptors (Lipinski definition) is 3. The summed E-state index contributed by atoms with van der Waals surface area (Å²) in [5.74, 6) is 0. The number of para-hydroxylation sites is 2. The molecule has 13 rings (SSSR count). The van der Waals surface area contributed by atoms with Gasteiger partial charge in [-0.2, -0.15) is 0 Å². The summed E-state index contributed by atoms with van der Waals surface area (Å²) in [6.07, 6.45) is 0. The summed E-state index contributed by atoms with van der Waals surface area (Å²) < 4.78 is 6.51. The van der Waals surface area contributed by atoms with Gasteiger partial charge in [-0.25, -0.2) is 0 Å². The van der Waals surface area contributed by atoms with E-state index in [1.165, 1.54) is 50.2 Å². The maximum absolute atomic E-state index is 14.4. The first-order chi connectivity index (χ1) is 32.7. The molecule has 0 bridgehead atoms. The van der Waals surface area contributed by atoms with Crippen LogP contribution in [0, 0.1) is 0 Å². The van der Waals surface area contributed by atoms with E-state index in [0.29, 0.717) is 21.9 Å². The third-order valence-electron chi connectivity index (χ3n) is 14.2. The fourth-order valence-electron chi connectivity index (χ4n) is 11.4. The minimum atomic E-state index is -0.703. The summed E-state index contributed by atoms with van der Waals surface area (Å²) in [4.78, 5) is 16.9. The van der Waals surface area contributed by atoms with Crippen LogP contribution in [0.2, 0.25) is 0 Å². The maximum Gasteiger partial charge on any atom is 0.200 e. The van der Waals surface area contributed by atoms with E-state index >= 15 is 0 Å². The van der Waals surface area contributed by atoms with Crippen molar-refractivity contribution in [3.63, 3.8) is 0 Å². The smallest absolute Gasteiger partial charge is 0.200 e. The molecule has 3 nitrogen and oxygen atoms in total. The molecule has 0 aliphatic carbocycles. The molecule has 0 N–H and O–H groups in total. The van der Waals surface area contributed by atoms with Gasteiger partial charge in [-0.05, 0) is 103 Å². The third-order valence-corrected chi connectivity index (χ3v) is 14.2. The van der Waals surface area contributed by atoms with Gasteiger partial charge in [0, 0.05) is 0 Å². The van der Waals surface area contributed by atoms with Crippen molar-refractivity contribution >= 4 is 39.0 Å². The van der Waals surface area contributed by atoms with Gasteiger partial charge in [0.1, 0.15) is 11.2 Å². The molecule has 66 heavy (non-hydrogen) atoms. The van der Waals surface area contributed by atoms with Crippen molar-refractivity contribution in [1.29, 1.82) is 0 Å². The summed E-state index contributed by atoms with van der Waals surface area (Å²) in [7, 11) is 0. The monoisotopic (exact) mass is 843 g/mol. The Labute approximate surface area is 383 Å². The van der Waals surface area contributed by atoms with Crippen LogP contribution in [0.4, 0.5) is 17.1 Å². The van der Waals surface area contributed by atoms with E-state index in [2.05, 4.69) is 205 Å². The second-order valence-electron chi connectivity index (χ2n) is 17.5. The van der Waals surface area contributed by atoms with Gasteiger partial charge in [0.2, 0.25) is 5.43 Å². The Kier molecular flexibility index (Phi) is 8.50. The standard InChI is InChI=1S/C63H41NO2/c65-61-50-36-33-45(42-19-6-1-7-20-42)41-59(50)66-58-38-35-43(39-51(58)61)44-34-37-53-57(40-44)64-56-32-17-16-29-52(56)62(46-21-8-2-9-22-46,47-23-10-3-11-24-47)54-30-18-31-55(60(54)64)63(53,48-25-12-4-13-26-48)49-27-14-5-15-28-49/h1-41H. The molecule has 0 fully saturated rings. The fraction of sp³-hybridized carbons (Fsp3) is 0.0317. The molecule has 2 aliphatic heterocycles. The number of anilines is 3. The number of nitrogens with zero attached hydrogens (tertiary/aromatic N) is 1. The highest BCUT2D eigenvalue weighted by molar-refractivity contribution is 5.99. The number of rotatable bonds is 6. The normalized spacial score (nSPS) is 14.0. The summed E-state index contributed by atoms with van der Waals surface area (Å²) in [5, 5.41) is 1.12. The number of hydrogen-bond donors (Lipinski definition) is 0. The average Bonchev–Trinajstić information content (AvgIpc) is 3.39. The van der Waals surface area contributed by atoms with Gasteiger partial charge in [-0.15, -0.1) is 0 Å². The lowest BCUT2D eigenvalue weighted by Gasteiger charge is -2.53. The van der Waals surface area contributed by atoms with Gasteiger partial charge in [0.15, 0.2) is 0 Å². The highest BCUT2D eigenvalue weighted by atomic mass is 16.3. The molecule has 0 amide bonds. The van der Waals surface area contributed by atoms with Gasteiger partial charge in [-0.3, -0.25) is 4.79 Å². The Morgan fingerprint density at radius 3 is 1.36 bits per heavy atom. The maximum atomic E-state index is 14.4. The van der Waals surface area contributed by atoms with Crippen LogP contribution in [-0.4, -0.2) is 0 Å². The Bertz CT molecular complexity index is 3620. The van der Waals surface area contributed by atoms with Gasteiger partial charge in [0.05, 0.1) is 38.7 Å². The van der Waals surface area contributed by atoms with E-state index in [4.69, 9.17) is 4.42 Å². The van der Waals surface area contributed by atoms with E-state index in [9.17, 15) is 4.79 Å². The van der Waals surface area contributed by atoms with E-state index in [-0.39, 0.29) is 5.43 Å². The lowest BCUT2D eigenvalue weighted by atomic mass is 9.57. The van der Waals surface area contributed by atoms with Crippen LogP contribution in [0.1, 0.15) is 44.5 Å². The Morgan fingerprint density at radius 1 is 0.318 bits per heavy atom. The molecule has 0 saturated heterocycles. The van der Waals surface area contributed by atoms with Crippen LogP contribution >= 0.6 is 0 Å². The van der Waals surface area contributed by atoms with Crippen LogP contribution in [0.15, 0.2) is 258 Å². The molecular formula is C63H41NO2. The first-order valence-electron chi connectivity index (χ1n) is 22.6. The van der Waals surface area contributed by atoms with Crippen LogP contribution in [-0.2, 0) is 10.8 Å². The molecule has 10 aromatic carbocycles. The second-order valence-corrected chi connectivity index (χ2v) is 17.5. The van der Waals surface area contributed by atoms with Crippen molar-refractivity contribution in [2.45, 2.75) is 10.8 Å². The van der Waals surface area contributed by atoms with E-state index in [1.807, 2.05) is 48.5 Å². The minimum absolute atomic E-state index is 0.0421. The highest BCUT2D eigenvalue weighted by Gasteiger charge is 2.53. The molecule has 11 aromatic rings. The predicted octanol–water partition coefficient (Wildman–Crippen LogP) is 15.1. The zero-order chi connectivity index (χ0) is 43.8. The van der Waals surface area contributed by atoms with Crippen molar-refractivity contribution in [1.82, 2.24) is 0 Å². The average molecular weight is 844 g/mol. The zero-order valence-corrected chi connectivity index (χ0v) is 35.9. The van der Waals surface area contributed by atoms with Gasteiger partial charge in [0.25, 0.3) is 0 Å². The molecule has 310 valence electrons. The van der Waals surface area contributed by atoms with Crippen molar-refractivity contribution < 1.29 is 4.42 Å². The van der Waals surface area contributed by atoms with Crippen LogP contribution < -0.4 is 10.3 Å². The van der Waals surface area contributed by atoms with Crippen LogP contribution in [0.3, 0.4) is 0 Å². The number of fused-ring (bicyclic) bond motifs is 6. The largest absolute Gasteiger partial charge is 0.456 e. The fourth-order valence-corrected chi connectivity index (χ4v) is 11.4. The molecular weight excluding hydrogens is 803 g/mol. The molecule has 1 aromatic heterocycles. The van der Waals surface area contributed by atoms with Crippen molar-refractivity contribution in [3.05, 3.63) is 303 Å². The zero-order valence-electron chi connectivity index (χ0n) is 35.9. The van der Waals surface area contributed by atoms with Gasteiger partial charge < -0.3 is 9.32 Å². The molecule has 3 heteroatoms. The minimum Gasteiger partial charge on any atom is -0.456 e. The molecule has 0 spiro atoms. The summed E-state index contributed by atoms with van der Waals surface area (Å²) in [5.41, 5.74) is 16.8. The van der Waals surface area contributed by atoms with Crippen LogP contribution in [0.5, 0.6) is 0 Å². The first kappa shape index (κ1) is 38.0. The van der Waals surface area contributed by atoms with E-state index < -0.39 is 10.8 Å². The van der Waals surface area contributed by atoms with Crippen molar-refractivity contribution in [2.24, 2.45) is 0 Å². The highest BCUT2D eigenvalue weighted by Crippen LogP contribution is 2.65. The predicted molar refractivity (Wildman–Crippen MR) is 269 cm³/mol. The Balaban J connectivity index is 1.10. The molecule has 0 saturated carbocycles.